The van der Waals surface area contributed by atoms with Crippen LogP contribution in [-0.2, 0) is 0 Å². The van der Waals surface area contributed by atoms with Crippen molar-refractivity contribution in [1.29, 1.82) is 5.26 Å². The van der Waals surface area contributed by atoms with Crippen molar-refractivity contribution in [3.63, 3.8) is 0 Å². The van der Waals surface area contributed by atoms with Crippen molar-refractivity contribution in [3.8, 4) is 6.07 Å². The number of anilines is 1. The summed E-state index contributed by atoms with van der Waals surface area (Å²) in [6, 6.07) is 12.6. The van der Waals surface area contributed by atoms with Crippen LogP contribution < -0.4 is 10.2 Å². The molecule has 2 heterocycles. The lowest BCUT2D eigenvalue weighted by Gasteiger charge is -2.33. The van der Waals surface area contributed by atoms with E-state index < -0.39 is 0 Å². The number of pyridine rings is 1. The van der Waals surface area contributed by atoms with Gasteiger partial charge in [0.15, 0.2) is 0 Å². The Morgan fingerprint density at radius 3 is 3.05 bits per heavy atom. The largest absolute Gasteiger partial charge is 0.353 e. The molecule has 1 atom stereocenters. The van der Waals surface area contributed by atoms with E-state index in [1.54, 1.807) is 0 Å². The van der Waals surface area contributed by atoms with Crippen molar-refractivity contribution < 1.29 is 0 Å². The zero-order valence-corrected chi connectivity index (χ0v) is 10.9. The summed E-state index contributed by atoms with van der Waals surface area (Å²) in [4.78, 5) is 6.88. The lowest BCUT2D eigenvalue weighted by atomic mass is 10.1. The van der Waals surface area contributed by atoms with Crippen LogP contribution in [0, 0.1) is 11.3 Å². The fourth-order valence-electron chi connectivity index (χ4n) is 2.55. The van der Waals surface area contributed by atoms with Crippen molar-refractivity contribution in [3.05, 3.63) is 35.9 Å². The van der Waals surface area contributed by atoms with Crippen LogP contribution in [0.2, 0.25) is 0 Å². The van der Waals surface area contributed by atoms with Crippen molar-refractivity contribution in [2.45, 2.75) is 13.0 Å². The maximum atomic E-state index is 9.34. The quantitative estimate of drug-likeness (QED) is 0.842. The predicted molar refractivity (Wildman–Crippen MR) is 76.1 cm³/mol. The van der Waals surface area contributed by atoms with Crippen LogP contribution in [0.15, 0.2) is 30.3 Å². The average molecular weight is 252 g/mol. The number of nitriles is 1. The van der Waals surface area contributed by atoms with Crippen LogP contribution in [-0.4, -0.2) is 30.7 Å². The number of nitrogens with one attached hydrogen (secondary N) is 1. The van der Waals surface area contributed by atoms with Gasteiger partial charge in [-0.1, -0.05) is 18.2 Å². The summed E-state index contributed by atoms with van der Waals surface area (Å²) in [5.74, 6) is 0.814. The summed E-state index contributed by atoms with van der Waals surface area (Å²) in [5.41, 5.74) is 1.61. The van der Waals surface area contributed by atoms with Gasteiger partial charge in [-0.3, -0.25) is 0 Å². The topological polar surface area (TPSA) is 52.0 Å². The number of piperazine rings is 1. The lowest BCUT2D eigenvalue weighted by Crippen LogP contribution is -2.49. The summed E-state index contributed by atoms with van der Waals surface area (Å²) < 4.78 is 0. The molecule has 0 unspecified atom stereocenters. The Bertz CT molecular complexity index is 644. The van der Waals surface area contributed by atoms with Gasteiger partial charge in [0.25, 0.3) is 0 Å². The van der Waals surface area contributed by atoms with Crippen molar-refractivity contribution in [2.24, 2.45) is 0 Å². The summed E-state index contributed by atoms with van der Waals surface area (Å²) in [6.45, 7) is 4.87. The maximum Gasteiger partial charge on any atom is 0.147 e. The Morgan fingerprint density at radius 2 is 2.26 bits per heavy atom. The highest BCUT2D eigenvalue weighted by Crippen LogP contribution is 2.23. The summed E-state index contributed by atoms with van der Waals surface area (Å²) in [6.07, 6.45) is 0. The molecule has 19 heavy (non-hydrogen) atoms. The molecule has 0 aliphatic carbocycles. The fraction of sp³-hybridized carbons (Fsp3) is 0.333. The molecule has 4 nitrogen and oxygen atoms in total. The maximum absolute atomic E-state index is 9.34. The van der Waals surface area contributed by atoms with E-state index in [9.17, 15) is 5.26 Å². The molecule has 96 valence electrons. The zero-order chi connectivity index (χ0) is 13.2. The Labute approximate surface area is 112 Å². The first-order valence-corrected chi connectivity index (χ1v) is 6.56. The third kappa shape index (κ3) is 2.25. The minimum atomic E-state index is 0.425. The van der Waals surface area contributed by atoms with Gasteiger partial charge in [0.1, 0.15) is 11.9 Å². The molecule has 1 aliphatic heterocycles. The molecule has 1 N–H and O–H groups in total. The monoisotopic (exact) mass is 252 g/mol. The van der Waals surface area contributed by atoms with E-state index in [2.05, 4.69) is 28.2 Å². The highest BCUT2D eigenvalue weighted by Gasteiger charge is 2.20. The van der Waals surface area contributed by atoms with Gasteiger partial charge >= 0.3 is 0 Å². The number of benzene rings is 1. The van der Waals surface area contributed by atoms with Gasteiger partial charge in [-0.05, 0) is 19.1 Å². The molecule has 1 aromatic heterocycles. The van der Waals surface area contributed by atoms with Gasteiger partial charge in [-0.2, -0.15) is 5.26 Å². The van der Waals surface area contributed by atoms with Crippen molar-refractivity contribution in [1.82, 2.24) is 10.3 Å². The SMILES string of the molecule is C[C@H]1CN(c2nc3ccccc3cc2C#N)CCN1. The number of para-hydroxylation sites is 1. The average Bonchev–Trinajstić information content (AvgIpc) is 2.46. The summed E-state index contributed by atoms with van der Waals surface area (Å²) in [5, 5.41) is 13.8. The van der Waals surface area contributed by atoms with E-state index >= 15 is 0 Å². The van der Waals surface area contributed by atoms with E-state index in [0.29, 0.717) is 11.6 Å². The third-order valence-electron chi connectivity index (χ3n) is 3.49. The summed E-state index contributed by atoms with van der Waals surface area (Å²) in [7, 11) is 0. The van der Waals surface area contributed by atoms with Crippen molar-refractivity contribution in [2.75, 3.05) is 24.5 Å². The van der Waals surface area contributed by atoms with Gasteiger partial charge in [-0.25, -0.2) is 4.98 Å². The van der Waals surface area contributed by atoms with E-state index in [4.69, 9.17) is 0 Å². The highest BCUT2D eigenvalue weighted by atomic mass is 15.2. The number of hydrogen-bond acceptors (Lipinski definition) is 4. The number of fused-ring (bicyclic) bond motifs is 1. The second-order valence-corrected chi connectivity index (χ2v) is 4.97. The first kappa shape index (κ1) is 11.9. The Morgan fingerprint density at radius 1 is 1.42 bits per heavy atom. The molecule has 1 saturated heterocycles. The highest BCUT2D eigenvalue weighted by molar-refractivity contribution is 5.83. The lowest BCUT2D eigenvalue weighted by molar-refractivity contribution is 0.482. The molecule has 2 aromatic rings. The first-order valence-electron chi connectivity index (χ1n) is 6.56. The third-order valence-corrected chi connectivity index (χ3v) is 3.49. The number of aromatic nitrogens is 1. The summed E-state index contributed by atoms with van der Waals surface area (Å²) >= 11 is 0. The molecule has 3 rings (SSSR count). The molecule has 0 saturated carbocycles. The standard InChI is InChI=1S/C15H16N4/c1-11-10-19(7-6-17-11)15-13(9-16)8-12-4-2-3-5-14(12)18-15/h2-5,8,11,17H,6-7,10H2,1H3/t11-/m0/s1. The molecule has 1 fully saturated rings. The second-order valence-electron chi connectivity index (χ2n) is 4.97. The van der Waals surface area contributed by atoms with Crippen LogP contribution in [0.25, 0.3) is 10.9 Å². The molecular formula is C15H16N4. The minimum absolute atomic E-state index is 0.425. The number of hydrogen-bond donors (Lipinski definition) is 1. The van der Waals surface area contributed by atoms with Crippen LogP contribution in [0.4, 0.5) is 5.82 Å². The van der Waals surface area contributed by atoms with E-state index in [1.807, 2.05) is 30.3 Å². The predicted octanol–water partition coefficient (Wildman–Crippen LogP) is 1.90. The molecular weight excluding hydrogens is 236 g/mol. The van der Waals surface area contributed by atoms with E-state index in [0.717, 1.165) is 36.4 Å². The molecule has 1 aromatic carbocycles. The van der Waals surface area contributed by atoms with E-state index in [1.165, 1.54) is 0 Å². The van der Waals surface area contributed by atoms with Gasteiger partial charge in [-0.15, -0.1) is 0 Å². The van der Waals surface area contributed by atoms with Crippen LogP contribution in [0.3, 0.4) is 0 Å². The van der Waals surface area contributed by atoms with Gasteiger partial charge < -0.3 is 10.2 Å². The smallest absolute Gasteiger partial charge is 0.147 e. The normalized spacial score (nSPS) is 19.4. The molecule has 0 amide bonds. The Hall–Kier alpha value is -2.12. The fourth-order valence-corrected chi connectivity index (χ4v) is 2.55. The Balaban J connectivity index is 2.08. The molecule has 0 bridgehead atoms. The van der Waals surface area contributed by atoms with Crippen LogP contribution in [0.5, 0.6) is 0 Å². The van der Waals surface area contributed by atoms with Gasteiger partial charge in [0, 0.05) is 31.1 Å². The zero-order valence-electron chi connectivity index (χ0n) is 10.9. The van der Waals surface area contributed by atoms with Gasteiger partial charge in [0.2, 0.25) is 0 Å². The molecule has 1 aliphatic rings. The number of nitrogens with zero attached hydrogens (tertiary/aromatic N) is 3. The Kier molecular flexibility index (Phi) is 3.06. The van der Waals surface area contributed by atoms with Crippen LogP contribution >= 0.6 is 0 Å². The van der Waals surface area contributed by atoms with Crippen LogP contribution in [0.1, 0.15) is 12.5 Å². The molecule has 0 radical (unpaired) electrons. The van der Waals surface area contributed by atoms with Crippen molar-refractivity contribution >= 4 is 16.7 Å². The second kappa shape index (κ2) is 4.87. The molecule has 4 heteroatoms. The first-order chi connectivity index (χ1) is 9.28. The number of rotatable bonds is 1. The minimum Gasteiger partial charge on any atom is -0.353 e. The molecule has 0 spiro atoms. The van der Waals surface area contributed by atoms with Gasteiger partial charge in [0.05, 0.1) is 11.1 Å². The van der Waals surface area contributed by atoms with E-state index in [-0.39, 0.29) is 0 Å².